The summed E-state index contributed by atoms with van der Waals surface area (Å²) < 4.78 is 14.7. The Morgan fingerprint density at radius 1 is 0.971 bits per heavy atom. The summed E-state index contributed by atoms with van der Waals surface area (Å²) in [5, 5.41) is 17.7. The van der Waals surface area contributed by atoms with Crippen LogP contribution in [0, 0.1) is 19.7 Å². The highest BCUT2D eigenvalue weighted by atomic mass is 32.2. The maximum atomic E-state index is 13.1. The van der Waals surface area contributed by atoms with E-state index in [0.717, 1.165) is 16.8 Å². The molecule has 2 amide bonds. The third-order valence-electron chi connectivity index (χ3n) is 5.06. The van der Waals surface area contributed by atoms with Gasteiger partial charge >= 0.3 is 0 Å². The zero-order chi connectivity index (χ0) is 24.1. The number of benzene rings is 3. The molecule has 1 heterocycles. The molecular formula is C24H21FN6O2S. The molecular weight excluding hydrogens is 455 g/mol. The van der Waals surface area contributed by atoms with E-state index in [-0.39, 0.29) is 17.2 Å². The Morgan fingerprint density at radius 2 is 1.74 bits per heavy atom. The van der Waals surface area contributed by atoms with Crippen molar-refractivity contribution in [2.75, 3.05) is 16.4 Å². The standard InChI is InChI=1S/C24H21FN6O2S/c1-15-7-12-19(13-16(15)2)31-24(28-29-30-31)34-14-22(32)27-21-6-4-3-5-20(21)23(33)26-18-10-8-17(25)9-11-18/h3-13H,14H2,1-2H3,(H,26,33)(H,27,32). The van der Waals surface area contributed by atoms with Gasteiger partial charge in [0.25, 0.3) is 5.91 Å². The average Bonchev–Trinajstić information content (AvgIpc) is 3.30. The van der Waals surface area contributed by atoms with Crippen molar-refractivity contribution in [3.63, 3.8) is 0 Å². The second kappa shape index (κ2) is 10.3. The Bertz CT molecular complexity index is 1340. The lowest BCUT2D eigenvalue weighted by Crippen LogP contribution is -2.19. The van der Waals surface area contributed by atoms with Crippen molar-refractivity contribution in [3.05, 3.63) is 89.2 Å². The van der Waals surface area contributed by atoms with Crippen LogP contribution in [0.2, 0.25) is 0 Å². The van der Waals surface area contributed by atoms with Crippen LogP contribution in [0.5, 0.6) is 0 Å². The third-order valence-corrected chi connectivity index (χ3v) is 5.98. The van der Waals surface area contributed by atoms with E-state index in [9.17, 15) is 14.0 Å². The van der Waals surface area contributed by atoms with E-state index < -0.39 is 11.7 Å². The van der Waals surface area contributed by atoms with Gasteiger partial charge in [0, 0.05) is 5.69 Å². The number of hydrogen-bond donors (Lipinski definition) is 2. The molecule has 2 N–H and O–H groups in total. The zero-order valence-corrected chi connectivity index (χ0v) is 19.3. The Kier molecular flexibility index (Phi) is 6.98. The summed E-state index contributed by atoms with van der Waals surface area (Å²) in [4.78, 5) is 25.3. The molecule has 3 aromatic carbocycles. The van der Waals surface area contributed by atoms with Crippen LogP contribution >= 0.6 is 11.8 Å². The molecule has 0 unspecified atom stereocenters. The van der Waals surface area contributed by atoms with E-state index in [2.05, 4.69) is 26.2 Å². The smallest absolute Gasteiger partial charge is 0.257 e. The number of carbonyl (C=O) groups is 2. The predicted octanol–water partition coefficient (Wildman–Crippen LogP) is 4.40. The maximum Gasteiger partial charge on any atom is 0.257 e. The normalized spacial score (nSPS) is 10.7. The number of anilines is 2. The molecule has 0 aliphatic carbocycles. The van der Waals surface area contributed by atoms with Crippen LogP contribution in [0.15, 0.2) is 71.9 Å². The van der Waals surface area contributed by atoms with Gasteiger partial charge in [0.1, 0.15) is 5.82 Å². The van der Waals surface area contributed by atoms with Gasteiger partial charge in [0.2, 0.25) is 11.1 Å². The molecule has 4 rings (SSSR count). The number of carbonyl (C=O) groups excluding carboxylic acids is 2. The lowest BCUT2D eigenvalue weighted by Gasteiger charge is -2.11. The van der Waals surface area contributed by atoms with Gasteiger partial charge in [-0.2, -0.15) is 4.68 Å². The molecule has 0 aliphatic rings. The van der Waals surface area contributed by atoms with Crippen LogP contribution in [-0.4, -0.2) is 37.8 Å². The second-order valence-electron chi connectivity index (χ2n) is 7.49. The number of tetrazole rings is 1. The van der Waals surface area contributed by atoms with Gasteiger partial charge in [-0.15, -0.1) is 5.10 Å². The number of hydrogen-bond acceptors (Lipinski definition) is 6. The minimum atomic E-state index is -0.422. The van der Waals surface area contributed by atoms with Crippen LogP contribution in [0.4, 0.5) is 15.8 Å². The van der Waals surface area contributed by atoms with Gasteiger partial charge in [0.15, 0.2) is 0 Å². The van der Waals surface area contributed by atoms with Crippen LogP contribution in [-0.2, 0) is 4.79 Å². The van der Waals surface area contributed by atoms with Crippen molar-refractivity contribution in [2.24, 2.45) is 0 Å². The molecule has 34 heavy (non-hydrogen) atoms. The topological polar surface area (TPSA) is 102 Å². The Hall–Kier alpha value is -4.05. The van der Waals surface area contributed by atoms with Gasteiger partial charge in [0.05, 0.1) is 22.7 Å². The van der Waals surface area contributed by atoms with E-state index in [1.165, 1.54) is 36.0 Å². The van der Waals surface area contributed by atoms with E-state index in [4.69, 9.17) is 0 Å². The number of nitrogens with zero attached hydrogens (tertiary/aromatic N) is 4. The largest absolute Gasteiger partial charge is 0.325 e. The average molecular weight is 477 g/mol. The monoisotopic (exact) mass is 476 g/mol. The highest BCUT2D eigenvalue weighted by molar-refractivity contribution is 7.99. The number of para-hydroxylation sites is 1. The summed E-state index contributed by atoms with van der Waals surface area (Å²) in [6.07, 6.45) is 0. The van der Waals surface area contributed by atoms with E-state index in [1.807, 2.05) is 32.0 Å². The van der Waals surface area contributed by atoms with Crippen molar-refractivity contribution in [1.29, 1.82) is 0 Å². The van der Waals surface area contributed by atoms with E-state index in [0.29, 0.717) is 16.5 Å². The molecule has 1 aromatic heterocycles. The van der Waals surface area contributed by atoms with Gasteiger partial charge in [-0.25, -0.2) is 4.39 Å². The first-order valence-corrected chi connectivity index (χ1v) is 11.3. The first-order valence-electron chi connectivity index (χ1n) is 10.4. The highest BCUT2D eigenvalue weighted by Crippen LogP contribution is 2.22. The Labute approximate surface area is 199 Å². The summed E-state index contributed by atoms with van der Waals surface area (Å²) >= 11 is 1.18. The fourth-order valence-electron chi connectivity index (χ4n) is 3.13. The summed E-state index contributed by atoms with van der Waals surface area (Å²) in [6, 6.07) is 18.0. The summed E-state index contributed by atoms with van der Waals surface area (Å²) in [6.45, 7) is 4.03. The van der Waals surface area contributed by atoms with Crippen molar-refractivity contribution < 1.29 is 14.0 Å². The minimum absolute atomic E-state index is 0.0408. The van der Waals surface area contributed by atoms with Crippen LogP contribution in [0.25, 0.3) is 5.69 Å². The number of halogens is 1. The Balaban J connectivity index is 1.42. The summed E-state index contributed by atoms with van der Waals surface area (Å²) in [5.41, 5.74) is 4.16. The highest BCUT2D eigenvalue weighted by Gasteiger charge is 2.16. The third kappa shape index (κ3) is 5.46. The maximum absolute atomic E-state index is 13.1. The number of amides is 2. The van der Waals surface area contributed by atoms with Crippen LogP contribution in [0.1, 0.15) is 21.5 Å². The van der Waals surface area contributed by atoms with Crippen molar-refractivity contribution in [1.82, 2.24) is 20.2 Å². The molecule has 0 atom stereocenters. The Morgan fingerprint density at radius 3 is 2.50 bits per heavy atom. The minimum Gasteiger partial charge on any atom is -0.325 e. The molecule has 0 saturated carbocycles. The van der Waals surface area contributed by atoms with Crippen molar-refractivity contribution >= 4 is 35.0 Å². The van der Waals surface area contributed by atoms with Gasteiger partial charge < -0.3 is 10.6 Å². The number of nitrogens with one attached hydrogen (secondary N) is 2. The number of thioether (sulfide) groups is 1. The first kappa shape index (κ1) is 23.1. The summed E-state index contributed by atoms with van der Waals surface area (Å²) in [7, 11) is 0. The fraction of sp³-hybridized carbons (Fsp3) is 0.125. The molecule has 8 nitrogen and oxygen atoms in total. The summed E-state index contributed by atoms with van der Waals surface area (Å²) in [5.74, 6) is -1.10. The number of aryl methyl sites for hydroxylation is 2. The quantitative estimate of drug-likeness (QED) is 0.384. The molecule has 172 valence electrons. The van der Waals surface area contributed by atoms with E-state index >= 15 is 0 Å². The van der Waals surface area contributed by atoms with Gasteiger partial charge in [-0.1, -0.05) is 30.0 Å². The fourth-order valence-corrected chi connectivity index (χ4v) is 3.82. The van der Waals surface area contributed by atoms with Crippen molar-refractivity contribution in [2.45, 2.75) is 19.0 Å². The molecule has 0 saturated heterocycles. The molecule has 0 bridgehead atoms. The molecule has 10 heteroatoms. The lowest BCUT2D eigenvalue weighted by atomic mass is 10.1. The van der Waals surface area contributed by atoms with Crippen LogP contribution < -0.4 is 10.6 Å². The number of aromatic nitrogens is 4. The molecule has 4 aromatic rings. The lowest BCUT2D eigenvalue weighted by molar-refractivity contribution is -0.113. The van der Waals surface area contributed by atoms with Crippen molar-refractivity contribution in [3.8, 4) is 5.69 Å². The predicted molar refractivity (Wildman–Crippen MR) is 129 cm³/mol. The molecule has 0 spiro atoms. The van der Waals surface area contributed by atoms with Gasteiger partial charge in [-0.3, -0.25) is 9.59 Å². The number of rotatable bonds is 7. The second-order valence-corrected chi connectivity index (χ2v) is 8.43. The van der Waals surface area contributed by atoms with E-state index in [1.54, 1.807) is 28.9 Å². The van der Waals surface area contributed by atoms with Crippen LogP contribution in [0.3, 0.4) is 0 Å². The molecule has 0 radical (unpaired) electrons. The van der Waals surface area contributed by atoms with Gasteiger partial charge in [-0.05, 0) is 83.9 Å². The SMILES string of the molecule is Cc1ccc(-n2nnnc2SCC(=O)Nc2ccccc2C(=O)Nc2ccc(F)cc2)cc1C. The molecule has 0 fully saturated rings. The first-order chi connectivity index (χ1) is 16.4. The zero-order valence-electron chi connectivity index (χ0n) is 18.4. The molecule has 0 aliphatic heterocycles.